The second-order valence-electron chi connectivity index (χ2n) is 1.91. The van der Waals surface area contributed by atoms with Gasteiger partial charge in [-0.15, -0.1) is 0 Å². The highest BCUT2D eigenvalue weighted by Gasteiger charge is 1.81. The molecule has 0 bridgehead atoms. The molecule has 0 aromatic carbocycles. The molecule has 0 heterocycles. The average molecular weight is 110 g/mol. The molecule has 0 spiro atoms. The van der Waals surface area contributed by atoms with E-state index in [1.54, 1.807) is 0 Å². The van der Waals surface area contributed by atoms with E-state index >= 15 is 0 Å². The highest BCUT2D eigenvalue weighted by Crippen LogP contribution is 2.01. The van der Waals surface area contributed by atoms with Gasteiger partial charge in [-0.05, 0) is 13.3 Å². The van der Waals surface area contributed by atoms with E-state index in [9.17, 15) is 0 Å². The summed E-state index contributed by atoms with van der Waals surface area (Å²) < 4.78 is 0. The summed E-state index contributed by atoms with van der Waals surface area (Å²) in [5, 5.41) is 0. The molecule has 0 heteroatoms. The van der Waals surface area contributed by atoms with Crippen molar-refractivity contribution in [1.82, 2.24) is 0 Å². The predicted octanol–water partition coefficient (Wildman–Crippen LogP) is 2.92. The van der Waals surface area contributed by atoms with Crippen LogP contribution in [0.4, 0.5) is 0 Å². The van der Waals surface area contributed by atoms with Crippen molar-refractivity contribution in [3.8, 4) is 0 Å². The van der Waals surface area contributed by atoms with E-state index in [1.165, 1.54) is 12.0 Å². The third-order valence-electron chi connectivity index (χ3n) is 0.973. The van der Waals surface area contributed by atoms with Crippen LogP contribution in [-0.4, -0.2) is 0 Å². The first kappa shape index (κ1) is 7.48. The minimum Gasteiger partial charge on any atom is -0.0958 e. The first-order valence-corrected chi connectivity index (χ1v) is 3.11. The standard InChI is InChI=1S/C8H14/c1-4-6-8(3)7-5-2/h4,6H,3,5,7H2,1-2H3/b6-4+. The van der Waals surface area contributed by atoms with Crippen LogP contribution in [-0.2, 0) is 0 Å². The lowest BCUT2D eigenvalue weighted by molar-refractivity contribution is 0.929. The molecular formula is C8H14. The van der Waals surface area contributed by atoms with Gasteiger partial charge in [0.15, 0.2) is 0 Å². The Balaban J connectivity index is 3.33. The summed E-state index contributed by atoms with van der Waals surface area (Å²) in [4.78, 5) is 0. The van der Waals surface area contributed by atoms with Gasteiger partial charge in [0.1, 0.15) is 0 Å². The van der Waals surface area contributed by atoms with Crippen LogP contribution in [0.25, 0.3) is 0 Å². The smallest absolute Gasteiger partial charge is 0.0287 e. The molecule has 0 aliphatic heterocycles. The van der Waals surface area contributed by atoms with Crippen molar-refractivity contribution in [2.75, 3.05) is 0 Å². The van der Waals surface area contributed by atoms with E-state index in [0.717, 1.165) is 6.42 Å². The molecule has 0 amide bonds. The molecule has 0 atom stereocenters. The van der Waals surface area contributed by atoms with Crippen LogP contribution in [0, 0.1) is 0 Å². The molecule has 0 N–H and O–H groups in total. The highest BCUT2D eigenvalue weighted by atomic mass is 13.9. The Morgan fingerprint density at radius 3 is 2.62 bits per heavy atom. The molecule has 0 fully saturated rings. The van der Waals surface area contributed by atoms with Gasteiger partial charge in [0, 0.05) is 0 Å². The molecule has 0 saturated heterocycles. The van der Waals surface area contributed by atoms with Crippen LogP contribution in [0.15, 0.2) is 24.3 Å². The van der Waals surface area contributed by atoms with Crippen molar-refractivity contribution in [3.05, 3.63) is 24.3 Å². The normalized spacial score (nSPS) is 10.2. The first-order chi connectivity index (χ1) is 3.81. The Kier molecular flexibility index (Phi) is 4.33. The largest absolute Gasteiger partial charge is 0.0958 e. The average Bonchev–Trinajstić information content (AvgIpc) is 1.68. The molecule has 0 saturated carbocycles. The minimum absolute atomic E-state index is 1.13. The fourth-order valence-electron chi connectivity index (χ4n) is 0.640. The summed E-state index contributed by atoms with van der Waals surface area (Å²) >= 11 is 0. The Hall–Kier alpha value is -0.520. The maximum absolute atomic E-state index is 3.85. The van der Waals surface area contributed by atoms with Gasteiger partial charge >= 0.3 is 0 Å². The van der Waals surface area contributed by atoms with Crippen molar-refractivity contribution in [2.45, 2.75) is 26.7 Å². The minimum atomic E-state index is 1.13. The summed E-state index contributed by atoms with van der Waals surface area (Å²) in [5.74, 6) is 0. The van der Waals surface area contributed by atoms with Gasteiger partial charge < -0.3 is 0 Å². The van der Waals surface area contributed by atoms with E-state index in [1.807, 2.05) is 13.0 Å². The number of hydrogen-bond acceptors (Lipinski definition) is 0. The van der Waals surface area contributed by atoms with E-state index in [4.69, 9.17) is 0 Å². The zero-order chi connectivity index (χ0) is 6.41. The second-order valence-corrected chi connectivity index (χ2v) is 1.91. The summed E-state index contributed by atoms with van der Waals surface area (Å²) in [5.41, 5.74) is 1.23. The summed E-state index contributed by atoms with van der Waals surface area (Å²) in [6.07, 6.45) is 6.41. The number of rotatable bonds is 3. The summed E-state index contributed by atoms with van der Waals surface area (Å²) in [7, 11) is 0. The van der Waals surface area contributed by atoms with E-state index in [2.05, 4.69) is 19.6 Å². The van der Waals surface area contributed by atoms with Crippen LogP contribution < -0.4 is 0 Å². The molecule has 0 unspecified atom stereocenters. The van der Waals surface area contributed by atoms with Crippen LogP contribution in [0.5, 0.6) is 0 Å². The highest BCUT2D eigenvalue weighted by molar-refractivity contribution is 5.12. The molecule has 0 aliphatic rings. The lowest BCUT2D eigenvalue weighted by atomic mass is 10.2. The maximum Gasteiger partial charge on any atom is -0.0287 e. The molecule has 0 radical (unpaired) electrons. The van der Waals surface area contributed by atoms with Gasteiger partial charge in [0.05, 0.1) is 0 Å². The predicted molar refractivity (Wildman–Crippen MR) is 38.9 cm³/mol. The fourth-order valence-corrected chi connectivity index (χ4v) is 0.640. The van der Waals surface area contributed by atoms with Gasteiger partial charge in [-0.1, -0.05) is 37.6 Å². The maximum atomic E-state index is 3.85. The Morgan fingerprint density at radius 2 is 2.25 bits per heavy atom. The Bertz CT molecular complexity index is 88.2. The van der Waals surface area contributed by atoms with Gasteiger partial charge in [0.25, 0.3) is 0 Å². The molecule has 0 aromatic heterocycles. The van der Waals surface area contributed by atoms with Crippen LogP contribution in [0.3, 0.4) is 0 Å². The van der Waals surface area contributed by atoms with E-state index < -0.39 is 0 Å². The van der Waals surface area contributed by atoms with Crippen molar-refractivity contribution in [1.29, 1.82) is 0 Å². The zero-order valence-corrected chi connectivity index (χ0v) is 5.78. The van der Waals surface area contributed by atoms with Crippen LogP contribution in [0.1, 0.15) is 26.7 Å². The van der Waals surface area contributed by atoms with Crippen molar-refractivity contribution in [2.24, 2.45) is 0 Å². The third-order valence-corrected chi connectivity index (χ3v) is 0.973. The molecule has 46 valence electrons. The van der Waals surface area contributed by atoms with Gasteiger partial charge in [-0.25, -0.2) is 0 Å². The lowest BCUT2D eigenvalue weighted by Gasteiger charge is -1.91. The summed E-state index contributed by atoms with van der Waals surface area (Å²) in [6.45, 7) is 8.02. The van der Waals surface area contributed by atoms with Gasteiger partial charge in [-0.2, -0.15) is 0 Å². The van der Waals surface area contributed by atoms with Crippen LogP contribution >= 0.6 is 0 Å². The first-order valence-electron chi connectivity index (χ1n) is 3.11. The van der Waals surface area contributed by atoms with Gasteiger partial charge in [0.2, 0.25) is 0 Å². The Morgan fingerprint density at radius 1 is 1.62 bits per heavy atom. The van der Waals surface area contributed by atoms with E-state index in [-0.39, 0.29) is 0 Å². The van der Waals surface area contributed by atoms with Gasteiger partial charge in [-0.3, -0.25) is 0 Å². The molecular weight excluding hydrogens is 96.1 g/mol. The molecule has 0 aromatic rings. The quantitative estimate of drug-likeness (QED) is 0.490. The molecule has 0 rings (SSSR count). The number of hydrogen-bond donors (Lipinski definition) is 0. The number of allylic oxidation sites excluding steroid dienone is 3. The lowest BCUT2D eigenvalue weighted by Crippen LogP contribution is -1.71. The summed E-state index contributed by atoms with van der Waals surface area (Å²) in [6, 6.07) is 0. The Labute approximate surface area is 51.9 Å². The second kappa shape index (κ2) is 4.63. The van der Waals surface area contributed by atoms with E-state index in [0.29, 0.717) is 0 Å². The molecule has 0 aliphatic carbocycles. The topological polar surface area (TPSA) is 0 Å². The molecule has 8 heavy (non-hydrogen) atoms. The van der Waals surface area contributed by atoms with Crippen molar-refractivity contribution in [3.63, 3.8) is 0 Å². The van der Waals surface area contributed by atoms with Crippen molar-refractivity contribution < 1.29 is 0 Å². The monoisotopic (exact) mass is 110 g/mol. The fraction of sp³-hybridized carbons (Fsp3) is 0.500. The zero-order valence-electron chi connectivity index (χ0n) is 5.78. The SMILES string of the molecule is C=C(/C=C/C)CCC. The third kappa shape index (κ3) is 3.66. The molecule has 0 nitrogen and oxygen atoms in total. The van der Waals surface area contributed by atoms with Crippen LogP contribution in [0.2, 0.25) is 0 Å². The van der Waals surface area contributed by atoms with Crippen molar-refractivity contribution >= 4 is 0 Å².